The zero-order valence-corrected chi connectivity index (χ0v) is 15.3. The molecule has 0 aromatic rings. The molecule has 1 heterocycles. The molecule has 0 bridgehead atoms. The van der Waals surface area contributed by atoms with Crippen molar-refractivity contribution in [1.29, 1.82) is 0 Å². The summed E-state index contributed by atoms with van der Waals surface area (Å²) in [7, 11) is 0. The van der Waals surface area contributed by atoms with Crippen LogP contribution in [0.1, 0.15) is 66.2 Å². The van der Waals surface area contributed by atoms with Crippen LogP contribution in [0.15, 0.2) is 0 Å². The first kappa shape index (κ1) is 19.9. The number of rotatable bonds is 8. The van der Waals surface area contributed by atoms with E-state index in [-0.39, 0.29) is 17.8 Å². The Morgan fingerprint density at radius 3 is 2.35 bits per heavy atom. The fourth-order valence-electron chi connectivity index (χ4n) is 2.73. The normalized spacial score (nSPS) is 16.4. The molecule has 134 valence electrons. The van der Waals surface area contributed by atoms with E-state index in [1.807, 2.05) is 25.7 Å². The highest BCUT2D eigenvalue weighted by molar-refractivity contribution is 5.79. The van der Waals surface area contributed by atoms with Crippen LogP contribution in [0.5, 0.6) is 0 Å². The van der Waals surface area contributed by atoms with E-state index in [4.69, 9.17) is 4.74 Å². The van der Waals surface area contributed by atoms with E-state index in [9.17, 15) is 9.59 Å². The minimum absolute atomic E-state index is 0.0692. The number of carbonyl (C=O) groups excluding carboxylic acids is 2. The molecule has 1 amide bonds. The van der Waals surface area contributed by atoms with Crippen LogP contribution in [-0.4, -0.2) is 48.6 Å². The molecule has 0 atom stereocenters. The Labute approximate surface area is 141 Å². The zero-order chi connectivity index (χ0) is 17.3. The van der Waals surface area contributed by atoms with Gasteiger partial charge in [-0.25, -0.2) is 0 Å². The first-order valence-corrected chi connectivity index (χ1v) is 9.05. The van der Waals surface area contributed by atoms with E-state index < -0.39 is 5.60 Å². The van der Waals surface area contributed by atoms with Crippen LogP contribution < -0.4 is 5.32 Å². The molecule has 0 radical (unpaired) electrons. The smallest absolute Gasteiger partial charge is 0.309 e. The molecule has 0 aliphatic carbocycles. The summed E-state index contributed by atoms with van der Waals surface area (Å²) in [5, 5.41) is 3.22. The molecule has 0 unspecified atom stereocenters. The van der Waals surface area contributed by atoms with Gasteiger partial charge < -0.3 is 15.0 Å². The molecular formula is C18H34N2O3. The number of hydrogen-bond donors (Lipinski definition) is 1. The SMILES string of the molecule is CCCCCCNCC(=O)N1CCC(C(=O)OC(C)(C)C)CC1. The van der Waals surface area contributed by atoms with Crippen molar-refractivity contribution in [2.45, 2.75) is 71.8 Å². The number of ether oxygens (including phenoxy) is 1. The van der Waals surface area contributed by atoms with Crippen LogP contribution in [-0.2, 0) is 14.3 Å². The highest BCUT2D eigenvalue weighted by Crippen LogP contribution is 2.21. The van der Waals surface area contributed by atoms with Gasteiger partial charge in [0.15, 0.2) is 0 Å². The predicted octanol–water partition coefficient (Wildman–Crippen LogP) is 2.74. The summed E-state index contributed by atoms with van der Waals surface area (Å²) >= 11 is 0. The monoisotopic (exact) mass is 326 g/mol. The van der Waals surface area contributed by atoms with Gasteiger partial charge in [-0.15, -0.1) is 0 Å². The summed E-state index contributed by atoms with van der Waals surface area (Å²) in [5.74, 6) is -0.0537. The number of esters is 1. The molecule has 0 aromatic carbocycles. The molecule has 23 heavy (non-hydrogen) atoms. The third kappa shape index (κ3) is 8.35. The molecule has 1 fully saturated rings. The van der Waals surface area contributed by atoms with Gasteiger partial charge >= 0.3 is 5.97 Å². The van der Waals surface area contributed by atoms with E-state index >= 15 is 0 Å². The quantitative estimate of drug-likeness (QED) is 0.550. The van der Waals surface area contributed by atoms with Crippen molar-refractivity contribution in [1.82, 2.24) is 10.2 Å². The number of carbonyl (C=O) groups is 2. The van der Waals surface area contributed by atoms with E-state index in [1.165, 1.54) is 19.3 Å². The molecule has 5 heteroatoms. The van der Waals surface area contributed by atoms with Crippen LogP contribution in [0.25, 0.3) is 0 Å². The Hall–Kier alpha value is -1.10. The number of nitrogens with one attached hydrogen (secondary N) is 1. The lowest BCUT2D eigenvalue weighted by Crippen LogP contribution is -2.45. The Kier molecular flexibility index (Phi) is 8.59. The van der Waals surface area contributed by atoms with Crippen molar-refractivity contribution in [3.05, 3.63) is 0 Å². The maximum Gasteiger partial charge on any atom is 0.309 e. The summed E-state index contributed by atoms with van der Waals surface area (Å²) in [6.45, 7) is 10.5. The van der Waals surface area contributed by atoms with Gasteiger partial charge in [-0.1, -0.05) is 26.2 Å². The summed E-state index contributed by atoms with van der Waals surface area (Å²) in [4.78, 5) is 26.0. The lowest BCUT2D eigenvalue weighted by molar-refractivity contribution is -0.162. The Bertz CT molecular complexity index is 369. The topological polar surface area (TPSA) is 58.6 Å². The van der Waals surface area contributed by atoms with Gasteiger partial charge in [-0.3, -0.25) is 9.59 Å². The third-order valence-electron chi connectivity index (χ3n) is 4.07. The second kappa shape index (κ2) is 9.91. The summed E-state index contributed by atoms with van der Waals surface area (Å²) in [5.41, 5.74) is -0.439. The van der Waals surface area contributed by atoms with Crippen molar-refractivity contribution in [3.63, 3.8) is 0 Å². The van der Waals surface area contributed by atoms with E-state index in [0.717, 1.165) is 13.0 Å². The van der Waals surface area contributed by atoms with Crippen molar-refractivity contribution >= 4 is 11.9 Å². The first-order valence-electron chi connectivity index (χ1n) is 9.05. The highest BCUT2D eigenvalue weighted by atomic mass is 16.6. The number of amides is 1. The third-order valence-corrected chi connectivity index (χ3v) is 4.07. The van der Waals surface area contributed by atoms with Crippen LogP contribution >= 0.6 is 0 Å². The predicted molar refractivity (Wildman–Crippen MR) is 92.2 cm³/mol. The number of hydrogen-bond acceptors (Lipinski definition) is 4. The summed E-state index contributed by atoms with van der Waals surface area (Å²) in [6.07, 6.45) is 6.24. The van der Waals surface area contributed by atoms with Crippen LogP contribution in [0.3, 0.4) is 0 Å². The second-order valence-corrected chi connectivity index (χ2v) is 7.43. The first-order chi connectivity index (χ1) is 10.8. The number of nitrogens with zero attached hydrogens (tertiary/aromatic N) is 1. The number of likely N-dealkylation sites (tertiary alicyclic amines) is 1. The van der Waals surface area contributed by atoms with Crippen molar-refractivity contribution in [2.75, 3.05) is 26.2 Å². The van der Waals surface area contributed by atoms with Gasteiger partial charge in [0.1, 0.15) is 5.60 Å². The molecule has 1 saturated heterocycles. The Morgan fingerprint density at radius 2 is 1.78 bits per heavy atom. The van der Waals surface area contributed by atoms with E-state index in [0.29, 0.717) is 32.5 Å². The highest BCUT2D eigenvalue weighted by Gasteiger charge is 2.30. The summed E-state index contributed by atoms with van der Waals surface area (Å²) in [6, 6.07) is 0. The van der Waals surface area contributed by atoms with Gasteiger partial charge in [-0.2, -0.15) is 0 Å². The summed E-state index contributed by atoms with van der Waals surface area (Å²) < 4.78 is 5.43. The fourth-order valence-corrected chi connectivity index (χ4v) is 2.73. The molecule has 1 aliphatic heterocycles. The average Bonchev–Trinajstić information content (AvgIpc) is 2.49. The van der Waals surface area contributed by atoms with Gasteiger partial charge in [-0.05, 0) is 46.6 Å². The van der Waals surface area contributed by atoms with Gasteiger partial charge in [0, 0.05) is 13.1 Å². The maximum absolute atomic E-state index is 12.1. The Balaban J connectivity index is 2.19. The van der Waals surface area contributed by atoms with Crippen LogP contribution in [0.2, 0.25) is 0 Å². The fraction of sp³-hybridized carbons (Fsp3) is 0.889. The van der Waals surface area contributed by atoms with Gasteiger partial charge in [0.05, 0.1) is 12.5 Å². The Morgan fingerprint density at radius 1 is 1.13 bits per heavy atom. The van der Waals surface area contributed by atoms with Crippen molar-refractivity contribution < 1.29 is 14.3 Å². The molecule has 1 N–H and O–H groups in total. The molecule has 0 saturated carbocycles. The minimum Gasteiger partial charge on any atom is -0.460 e. The molecule has 1 rings (SSSR count). The molecule has 0 aromatic heterocycles. The van der Waals surface area contributed by atoms with Crippen molar-refractivity contribution in [2.24, 2.45) is 5.92 Å². The number of unbranched alkanes of at least 4 members (excludes halogenated alkanes) is 3. The molecule has 1 aliphatic rings. The zero-order valence-electron chi connectivity index (χ0n) is 15.3. The lowest BCUT2D eigenvalue weighted by atomic mass is 9.96. The lowest BCUT2D eigenvalue weighted by Gasteiger charge is -2.32. The molecule has 0 spiro atoms. The minimum atomic E-state index is -0.439. The second-order valence-electron chi connectivity index (χ2n) is 7.43. The number of piperidine rings is 1. The molecular weight excluding hydrogens is 292 g/mol. The van der Waals surface area contributed by atoms with Gasteiger partial charge in [0.25, 0.3) is 0 Å². The van der Waals surface area contributed by atoms with E-state index in [1.54, 1.807) is 0 Å². The van der Waals surface area contributed by atoms with Gasteiger partial charge in [0.2, 0.25) is 5.91 Å². The van der Waals surface area contributed by atoms with Crippen molar-refractivity contribution in [3.8, 4) is 0 Å². The standard InChI is InChI=1S/C18H34N2O3/c1-5-6-7-8-11-19-14-16(21)20-12-9-15(10-13-20)17(22)23-18(2,3)4/h15,19H,5-14H2,1-4H3. The average molecular weight is 326 g/mol. The van der Waals surface area contributed by atoms with Crippen LogP contribution in [0, 0.1) is 5.92 Å². The van der Waals surface area contributed by atoms with Crippen LogP contribution in [0.4, 0.5) is 0 Å². The molecule has 5 nitrogen and oxygen atoms in total. The largest absolute Gasteiger partial charge is 0.460 e. The van der Waals surface area contributed by atoms with E-state index in [2.05, 4.69) is 12.2 Å². The maximum atomic E-state index is 12.1.